The molecular weight excluding hydrogens is 382 g/mol. The minimum atomic E-state index is -0.0752. The number of hydrogen-bond donors (Lipinski definition) is 1. The molecule has 29 heavy (non-hydrogen) atoms. The number of benzene rings is 3. The first-order valence-corrected chi connectivity index (χ1v) is 9.93. The lowest BCUT2D eigenvalue weighted by molar-refractivity contribution is -0.116. The Hall–Kier alpha value is -3.11. The molecule has 1 heterocycles. The molecule has 5 heteroatoms. The highest BCUT2D eigenvalue weighted by atomic mass is 35.5. The number of carbonyl (C=O) groups is 1. The summed E-state index contributed by atoms with van der Waals surface area (Å²) in [5.74, 6) is 0.775. The number of imidazole rings is 1. The Balaban J connectivity index is 1.61. The molecule has 0 spiro atoms. The molecule has 0 fully saturated rings. The van der Waals surface area contributed by atoms with Crippen molar-refractivity contribution >= 4 is 34.2 Å². The molecular formula is C24H22ClN3O. The Morgan fingerprint density at radius 1 is 1.00 bits per heavy atom. The van der Waals surface area contributed by atoms with E-state index >= 15 is 0 Å². The van der Waals surface area contributed by atoms with Crippen LogP contribution in [-0.4, -0.2) is 15.5 Å². The van der Waals surface area contributed by atoms with Gasteiger partial charge in [-0.05, 0) is 66.9 Å². The van der Waals surface area contributed by atoms with E-state index in [-0.39, 0.29) is 12.5 Å². The van der Waals surface area contributed by atoms with Crippen LogP contribution in [0.1, 0.15) is 22.5 Å². The molecule has 0 aliphatic carbocycles. The molecule has 146 valence electrons. The molecule has 4 aromatic rings. The minimum Gasteiger partial charge on any atom is -0.325 e. The van der Waals surface area contributed by atoms with Crippen LogP contribution in [0.4, 0.5) is 5.69 Å². The predicted octanol–water partition coefficient (Wildman–Crippen LogP) is 5.54. The highest BCUT2D eigenvalue weighted by Gasteiger charge is 2.14. The fourth-order valence-electron chi connectivity index (χ4n) is 3.38. The number of halogens is 1. The number of fused-ring (bicyclic) bond motifs is 1. The van der Waals surface area contributed by atoms with Crippen molar-refractivity contribution in [1.29, 1.82) is 0 Å². The Kier molecular flexibility index (Phi) is 5.36. The summed E-state index contributed by atoms with van der Waals surface area (Å²) in [4.78, 5) is 17.6. The van der Waals surface area contributed by atoms with Gasteiger partial charge < -0.3 is 9.88 Å². The van der Waals surface area contributed by atoms with Crippen molar-refractivity contribution in [3.05, 3.63) is 94.3 Å². The second kappa shape index (κ2) is 8.10. The van der Waals surface area contributed by atoms with E-state index in [2.05, 4.69) is 12.2 Å². The van der Waals surface area contributed by atoms with Gasteiger partial charge in [-0.1, -0.05) is 41.9 Å². The van der Waals surface area contributed by atoms with Crippen molar-refractivity contribution < 1.29 is 4.79 Å². The second-order valence-corrected chi connectivity index (χ2v) is 7.69. The van der Waals surface area contributed by atoms with E-state index in [1.807, 2.05) is 78.2 Å². The van der Waals surface area contributed by atoms with Crippen LogP contribution in [0.3, 0.4) is 0 Å². The van der Waals surface area contributed by atoms with Crippen LogP contribution in [0, 0.1) is 13.8 Å². The van der Waals surface area contributed by atoms with Crippen molar-refractivity contribution in [2.45, 2.75) is 26.8 Å². The number of carbonyl (C=O) groups excluding carboxylic acids is 1. The van der Waals surface area contributed by atoms with Gasteiger partial charge in [0.15, 0.2) is 0 Å². The summed E-state index contributed by atoms with van der Waals surface area (Å²) < 4.78 is 1.99. The van der Waals surface area contributed by atoms with Gasteiger partial charge in [-0.25, -0.2) is 4.98 Å². The summed E-state index contributed by atoms with van der Waals surface area (Å²) in [6.07, 6.45) is 0.628. The Labute approximate surface area is 175 Å². The Bertz CT molecular complexity index is 1180. The van der Waals surface area contributed by atoms with Crippen LogP contribution in [0.2, 0.25) is 5.02 Å². The molecule has 4 rings (SSSR count). The van der Waals surface area contributed by atoms with Gasteiger partial charge in [0.25, 0.3) is 0 Å². The van der Waals surface area contributed by atoms with Gasteiger partial charge in [0.05, 0.1) is 11.0 Å². The van der Waals surface area contributed by atoms with Crippen molar-refractivity contribution in [3.63, 3.8) is 0 Å². The predicted molar refractivity (Wildman–Crippen MR) is 119 cm³/mol. The van der Waals surface area contributed by atoms with Crippen LogP contribution >= 0.6 is 11.6 Å². The van der Waals surface area contributed by atoms with Gasteiger partial charge >= 0.3 is 0 Å². The first-order valence-electron chi connectivity index (χ1n) is 9.55. The summed E-state index contributed by atoms with van der Waals surface area (Å²) in [6.45, 7) is 4.30. The van der Waals surface area contributed by atoms with Gasteiger partial charge in [-0.3, -0.25) is 4.79 Å². The third-order valence-electron chi connectivity index (χ3n) is 5.10. The van der Waals surface area contributed by atoms with E-state index in [1.54, 1.807) is 0 Å². The maximum Gasteiger partial charge on any atom is 0.244 e. The topological polar surface area (TPSA) is 46.9 Å². The number of nitrogens with zero attached hydrogens (tertiary/aromatic N) is 2. The largest absolute Gasteiger partial charge is 0.325 e. The summed E-state index contributed by atoms with van der Waals surface area (Å²) in [7, 11) is 0. The first kappa shape index (κ1) is 19.2. The molecule has 1 N–H and O–H groups in total. The number of aromatic nitrogens is 2. The van der Waals surface area contributed by atoms with Gasteiger partial charge in [0, 0.05) is 17.1 Å². The van der Waals surface area contributed by atoms with E-state index in [0.717, 1.165) is 33.7 Å². The second-order valence-electron chi connectivity index (χ2n) is 7.25. The number of nitrogens with one attached hydrogen (secondary N) is 1. The summed E-state index contributed by atoms with van der Waals surface area (Å²) in [5.41, 5.74) is 6.10. The number of para-hydroxylation sites is 2. The van der Waals surface area contributed by atoms with E-state index in [4.69, 9.17) is 16.6 Å². The summed E-state index contributed by atoms with van der Waals surface area (Å²) in [5, 5.41) is 3.71. The number of hydrogen-bond acceptors (Lipinski definition) is 2. The fourth-order valence-corrected chi connectivity index (χ4v) is 3.51. The van der Waals surface area contributed by atoms with E-state index in [9.17, 15) is 4.79 Å². The lowest BCUT2D eigenvalue weighted by Crippen LogP contribution is -2.20. The van der Waals surface area contributed by atoms with Gasteiger partial charge in [-0.2, -0.15) is 0 Å². The average molecular weight is 404 g/mol. The zero-order valence-corrected chi connectivity index (χ0v) is 17.2. The zero-order valence-electron chi connectivity index (χ0n) is 16.4. The number of rotatable bonds is 5. The van der Waals surface area contributed by atoms with Crippen molar-refractivity contribution in [1.82, 2.24) is 9.55 Å². The highest BCUT2D eigenvalue weighted by molar-refractivity contribution is 6.30. The molecule has 1 amide bonds. The number of aryl methyl sites for hydroxylation is 2. The van der Waals surface area contributed by atoms with Crippen molar-refractivity contribution in [3.8, 4) is 0 Å². The molecule has 0 atom stereocenters. The minimum absolute atomic E-state index is 0.0752. The molecule has 0 bridgehead atoms. The van der Waals surface area contributed by atoms with E-state index < -0.39 is 0 Å². The van der Waals surface area contributed by atoms with Gasteiger partial charge in [0.1, 0.15) is 12.4 Å². The molecule has 1 aromatic heterocycles. The van der Waals surface area contributed by atoms with Crippen LogP contribution in [0.25, 0.3) is 11.0 Å². The van der Waals surface area contributed by atoms with Crippen LogP contribution in [0.5, 0.6) is 0 Å². The van der Waals surface area contributed by atoms with Crippen molar-refractivity contribution in [2.75, 3.05) is 5.32 Å². The maximum absolute atomic E-state index is 12.8. The molecule has 0 aliphatic heterocycles. The first-order chi connectivity index (χ1) is 14.0. The molecule has 0 saturated heterocycles. The fraction of sp³-hybridized carbons (Fsp3) is 0.167. The molecule has 4 nitrogen and oxygen atoms in total. The zero-order chi connectivity index (χ0) is 20.4. The lowest BCUT2D eigenvalue weighted by atomic mass is 10.1. The molecule has 0 unspecified atom stereocenters. The SMILES string of the molecule is Cc1ccc(NC(=O)Cn2c(Cc3ccc(Cl)cc3)nc3ccccc32)cc1C. The van der Waals surface area contributed by atoms with Gasteiger partial charge in [-0.15, -0.1) is 0 Å². The molecule has 0 radical (unpaired) electrons. The molecule has 3 aromatic carbocycles. The third-order valence-corrected chi connectivity index (χ3v) is 5.35. The highest BCUT2D eigenvalue weighted by Crippen LogP contribution is 2.20. The standard InChI is InChI=1S/C24H22ClN3O/c1-16-7-12-20(13-17(16)2)26-24(29)15-28-22-6-4-3-5-21(22)27-23(28)14-18-8-10-19(25)11-9-18/h3-13H,14-15H2,1-2H3,(H,26,29). The quantitative estimate of drug-likeness (QED) is 0.475. The number of amides is 1. The summed E-state index contributed by atoms with van der Waals surface area (Å²) in [6, 6.07) is 21.6. The smallest absolute Gasteiger partial charge is 0.244 e. The Morgan fingerprint density at radius 2 is 1.76 bits per heavy atom. The molecule has 0 saturated carbocycles. The molecule has 0 aliphatic rings. The van der Waals surface area contributed by atoms with Crippen LogP contribution in [-0.2, 0) is 17.8 Å². The monoisotopic (exact) mass is 403 g/mol. The maximum atomic E-state index is 12.8. The average Bonchev–Trinajstić information content (AvgIpc) is 3.04. The van der Waals surface area contributed by atoms with Crippen molar-refractivity contribution in [2.24, 2.45) is 0 Å². The lowest BCUT2D eigenvalue weighted by Gasteiger charge is -2.11. The van der Waals surface area contributed by atoms with Crippen LogP contribution in [0.15, 0.2) is 66.7 Å². The van der Waals surface area contributed by atoms with Crippen LogP contribution < -0.4 is 5.32 Å². The summed E-state index contributed by atoms with van der Waals surface area (Å²) >= 11 is 6.00. The van der Waals surface area contributed by atoms with Gasteiger partial charge in [0.2, 0.25) is 5.91 Å². The third kappa shape index (κ3) is 4.33. The Morgan fingerprint density at radius 3 is 2.52 bits per heavy atom. The van der Waals surface area contributed by atoms with E-state index in [1.165, 1.54) is 5.56 Å². The number of anilines is 1. The van der Waals surface area contributed by atoms with E-state index in [0.29, 0.717) is 11.4 Å². The normalized spacial score (nSPS) is 11.0.